The van der Waals surface area contributed by atoms with Crippen LogP contribution in [0.3, 0.4) is 0 Å². The molecule has 3 nitrogen and oxygen atoms in total. The van der Waals surface area contributed by atoms with Crippen LogP contribution in [0.4, 0.5) is 0 Å². The molecule has 2 atom stereocenters. The van der Waals surface area contributed by atoms with Crippen LogP contribution in [0, 0.1) is 0 Å². The van der Waals surface area contributed by atoms with Crippen LogP contribution in [0.5, 0.6) is 0 Å². The second-order valence-corrected chi connectivity index (χ2v) is 1.98. The molecule has 1 aliphatic rings. The van der Waals surface area contributed by atoms with Crippen LogP contribution in [-0.4, -0.2) is 35.6 Å². The number of ether oxygens (including phenoxy) is 1. The maximum atomic E-state index is 8.39. The van der Waals surface area contributed by atoms with Crippen molar-refractivity contribution in [2.24, 2.45) is 0 Å². The topological polar surface area (TPSA) is 49.7 Å². The third-order valence-electron chi connectivity index (χ3n) is 1.32. The number of hydrogen-bond donors (Lipinski definition) is 2. The lowest BCUT2D eigenvalue weighted by Gasteiger charge is -2.33. The minimum absolute atomic E-state index is 0.00727. The molecule has 2 unspecified atom stereocenters. The molecule has 0 bridgehead atoms. The van der Waals surface area contributed by atoms with E-state index in [1.165, 1.54) is 0 Å². The summed E-state index contributed by atoms with van der Waals surface area (Å²) in [5, 5.41) is 16.8. The molecule has 8 heavy (non-hydrogen) atoms. The van der Waals surface area contributed by atoms with Gasteiger partial charge in [0.2, 0.25) is 0 Å². The van der Waals surface area contributed by atoms with Gasteiger partial charge in [0.05, 0.1) is 25.4 Å². The summed E-state index contributed by atoms with van der Waals surface area (Å²) in [7, 11) is 0. The van der Waals surface area contributed by atoms with Crippen molar-refractivity contribution in [3.8, 4) is 0 Å². The first kappa shape index (κ1) is 6.01. The third kappa shape index (κ3) is 0.992. The number of rotatable bonds is 2. The summed E-state index contributed by atoms with van der Waals surface area (Å²) in [5.74, 6) is 0. The standard InChI is InChI=1S/C5H10O3/c6-2-4-1-5(3-7)8-4/h4-7H,1-3H2. The fraction of sp³-hybridized carbons (Fsp3) is 1.00. The summed E-state index contributed by atoms with van der Waals surface area (Å²) in [6.45, 7) is 0.160. The Bertz CT molecular complexity index is 60.1. The van der Waals surface area contributed by atoms with Gasteiger partial charge in [-0.1, -0.05) is 0 Å². The van der Waals surface area contributed by atoms with Gasteiger partial charge in [0.15, 0.2) is 0 Å². The molecule has 0 spiro atoms. The second kappa shape index (κ2) is 2.44. The monoisotopic (exact) mass is 118 g/mol. The molecule has 1 fully saturated rings. The first-order chi connectivity index (χ1) is 3.86. The minimum Gasteiger partial charge on any atom is -0.394 e. The molecular formula is C5H10O3. The maximum absolute atomic E-state index is 8.39. The van der Waals surface area contributed by atoms with Crippen molar-refractivity contribution in [1.29, 1.82) is 0 Å². The van der Waals surface area contributed by atoms with Crippen LogP contribution in [0.15, 0.2) is 0 Å². The fourth-order valence-corrected chi connectivity index (χ4v) is 0.789. The molecule has 0 aliphatic carbocycles. The molecule has 0 aromatic heterocycles. The Hall–Kier alpha value is -0.120. The van der Waals surface area contributed by atoms with E-state index < -0.39 is 0 Å². The lowest BCUT2D eigenvalue weighted by atomic mass is 10.1. The zero-order valence-corrected chi connectivity index (χ0v) is 4.58. The Balaban J connectivity index is 2.03. The smallest absolute Gasteiger partial charge is 0.0836 e. The van der Waals surface area contributed by atoms with Gasteiger partial charge in [0.1, 0.15) is 0 Å². The SMILES string of the molecule is OCC1CC(CO)O1. The highest BCUT2D eigenvalue weighted by Gasteiger charge is 2.27. The van der Waals surface area contributed by atoms with E-state index in [0.717, 1.165) is 6.42 Å². The van der Waals surface area contributed by atoms with E-state index in [2.05, 4.69) is 0 Å². The molecule has 0 aromatic rings. The third-order valence-corrected chi connectivity index (χ3v) is 1.32. The molecule has 3 heteroatoms. The van der Waals surface area contributed by atoms with Crippen molar-refractivity contribution in [2.75, 3.05) is 13.2 Å². The minimum atomic E-state index is -0.00727. The van der Waals surface area contributed by atoms with Gasteiger partial charge >= 0.3 is 0 Å². The van der Waals surface area contributed by atoms with Crippen molar-refractivity contribution in [2.45, 2.75) is 18.6 Å². The van der Waals surface area contributed by atoms with E-state index in [1.54, 1.807) is 0 Å². The lowest BCUT2D eigenvalue weighted by Crippen LogP contribution is -2.41. The van der Waals surface area contributed by atoms with Crippen molar-refractivity contribution in [1.82, 2.24) is 0 Å². The normalized spacial score (nSPS) is 36.8. The lowest BCUT2D eigenvalue weighted by molar-refractivity contribution is -0.157. The van der Waals surface area contributed by atoms with Gasteiger partial charge < -0.3 is 14.9 Å². The number of hydrogen-bond acceptors (Lipinski definition) is 3. The predicted octanol–water partition coefficient (Wildman–Crippen LogP) is -0.872. The van der Waals surface area contributed by atoms with Gasteiger partial charge in [0, 0.05) is 6.42 Å². The van der Waals surface area contributed by atoms with Gasteiger partial charge in [-0.15, -0.1) is 0 Å². The maximum Gasteiger partial charge on any atom is 0.0836 e. The molecule has 2 N–H and O–H groups in total. The van der Waals surface area contributed by atoms with Crippen LogP contribution in [0.1, 0.15) is 6.42 Å². The van der Waals surface area contributed by atoms with E-state index in [0.29, 0.717) is 0 Å². The van der Waals surface area contributed by atoms with E-state index in [9.17, 15) is 0 Å². The molecule has 1 rings (SSSR count). The Kier molecular flexibility index (Phi) is 1.83. The summed E-state index contributed by atoms with van der Waals surface area (Å²) in [5.41, 5.74) is 0. The molecular weight excluding hydrogens is 108 g/mol. The molecule has 48 valence electrons. The number of aliphatic hydroxyl groups is 2. The van der Waals surface area contributed by atoms with E-state index in [1.807, 2.05) is 0 Å². The van der Waals surface area contributed by atoms with E-state index in [4.69, 9.17) is 14.9 Å². The second-order valence-electron chi connectivity index (χ2n) is 1.98. The molecule has 1 heterocycles. The molecule has 1 aliphatic heterocycles. The summed E-state index contributed by atoms with van der Waals surface area (Å²) < 4.78 is 4.94. The van der Waals surface area contributed by atoms with Gasteiger partial charge in [-0.3, -0.25) is 0 Å². The summed E-state index contributed by atoms with van der Waals surface area (Å²) in [6, 6.07) is 0. The van der Waals surface area contributed by atoms with Gasteiger partial charge in [-0.2, -0.15) is 0 Å². The molecule has 0 saturated carbocycles. The zero-order chi connectivity index (χ0) is 5.98. The van der Waals surface area contributed by atoms with E-state index in [-0.39, 0.29) is 25.4 Å². The summed E-state index contributed by atoms with van der Waals surface area (Å²) >= 11 is 0. The Morgan fingerprint density at radius 1 is 1.25 bits per heavy atom. The molecule has 1 saturated heterocycles. The van der Waals surface area contributed by atoms with Crippen molar-refractivity contribution in [3.05, 3.63) is 0 Å². The van der Waals surface area contributed by atoms with Crippen molar-refractivity contribution >= 4 is 0 Å². The van der Waals surface area contributed by atoms with Crippen LogP contribution in [-0.2, 0) is 4.74 Å². The zero-order valence-electron chi connectivity index (χ0n) is 4.58. The highest BCUT2D eigenvalue weighted by Crippen LogP contribution is 2.18. The van der Waals surface area contributed by atoms with Crippen LogP contribution in [0.25, 0.3) is 0 Å². The fourth-order valence-electron chi connectivity index (χ4n) is 0.789. The Morgan fingerprint density at radius 2 is 1.62 bits per heavy atom. The van der Waals surface area contributed by atoms with Crippen LogP contribution >= 0.6 is 0 Å². The average molecular weight is 118 g/mol. The quantitative estimate of drug-likeness (QED) is 0.495. The highest BCUT2D eigenvalue weighted by molar-refractivity contribution is 4.75. The van der Waals surface area contributed by atoms with Crippen LogP contribution in [0.2, 0.25) is 0 Å². The molecule has 0 aromatic carbocycles. The van der Waals surface area contributed by atoms with Crippen molar-refractivity contribution < 1.29 is 14.9 Å². The largest absolute Gasteiger partial charge is 0.394 e. The first-order valence-corrected chi connectivity index (χ1v) is 2.74. The Labute approximate surface area is 47.9 Å². The van der Waals surface area contributed by atoms with E-state index >= 15 is 0 Å². The molecule has 0 radical (unpaired) electrons. The highest BCUT2D eigenvalue weighted by atomic mass is 16.5. The summed E-state index contributed by atoms with van der Waals surface area (Å²) in [4.78, 5) is 0. The number of aliphatic hydroxyl groups excluding tert-OH is 2. The molecule has 0 amide bonds. The Morgan fingerprint density at radius 3 is 1.88 bits per heavy atom. The van der Waals surface area contributed by atoms with Gasteiger partial charge in [-0.05, 0) is 0 Å². The summed E-state index contributed by atoms with van der Waals surface area (Å²) in [6.07, 6.45) is 0.784. The van der Waals surface area contributed by atoms with Crippen LogP contribution < -0.4 is 0 Å². The first-order valence-electron chi connectivity index (χ1n) is 2.74. The van der Waals surface area contributed by atoms with Crippen molar-refractivity contribution in [3.63, 3.8) is 0 Å². The van der Waals surface area contributed by atoms with Gasteiger partial charge in [-0.25, -0.2) is 0 Å². The predicted molar refractivity (Wildman–Crippen MR) is 27.4 cm³/mol. The average Bonchev–Trinajstić information content (AvgIpc) is 1.65. The van der Waals surface area contributed by atoms with Gasteiger partial charge in [0.25, 0.3) is 0 Å².